The van der Waals surface area contributed by atoms with Crippen molar-refractivity contribution in [3.05, 3.63) is 53.4 Å². The molecule has 55 heavy (non-hydrogen) atoms. The Morgan fingerprint density at radius 3 is 2.60 bits per heavy atom. The van der Waals surface area contributed by atoms with E-state index < -0.39 is 53.2 Å². The van der Waals surface area contributed by atoms with E-state index in [1.54, 1.807) is 20.8 Å². The first-order valence-corrected chi connectivity index (χ1v) is 20.5. The van der Waals surface area contributed by atoms with Gasteiger partial charge in [-0.3, -0.25) is 14.5 Å². The van der Waals surface area contributed by atoms with E-state index in [4.69, 9.17) is 19.4 Å². The minimum atomic E-state index is -1.45. The summed E-state index contributed by atoms with van der Waals surface area (Å²) in [4.78, 5) is 69.0. The maximum Gasteiger partial charge on any atom is 0.408 e. The molecule has 1 aliphatic carbocycles. The summed E-state index contributed by atoms with van der Waals surface area (Å²) in [6, 6.07) is 8.00. The van der Waals surface area contributed by atoms with Gasteiger partial charge in [-0.05, 0) is 102 Å². The highest BCUT2D eigenvalue weighted by molar-refractivity contribution is 7.13. The summed E-state index contributed by atoms with van der Waals surface area (Å²) in [6.07, 6.45) is 9.89. The predicted molar refractivity (Wildman–Crippen MR) is 209 cm³/mol. The molecule has 3 aliphatic heterocycles. The van der Waals surface area contributed by atoms with E-state index in [-0.39, 0.29) is 31.2 Å². The fraction of sp³-hybridized carbons (Fsp3) is 0.561. The number of alkyl carbamates (subject to hydrolysis) is 1. The lowest BCUT2D eigenvalue weighted by molar-refractivity contribution is -0.145. The molecule has 0 spiro atoms. The van der Waals surface area contributed by atoms with Crippen LogP contribution < -0.4 is 15.4 Å². The van der Waals surface area contributed by atoms with Crippen LogP contribution in [0.25, 0.3) is 21.6 Å². The number of thiophene rings is 1. The molecule has 2 saturated heterocycles. The lowest BCUT2D eigenvalue weighted by Gasteiger charge is -2.30. The lowest BCUT2D eigenvalue weighted by Crippen LogP contribution is -2.56. The van der Waals surface area contributed by atoms with Crippen molar-refractivity contribution in [2.45, 2.75) is 121 Å². The Labute approximate surface area is 325 Å². The van der Waals surface area contributed by atoms with E-state index in [0.29, 0.717) is 24.1 Å². The van der Waals surface area contributed by atoms with Crippen LogP contribution in [0.1, 0.15) is 90.5 Å². The molecule has 5 atom stereocenters. The van der Waals surface area contributed by atoms with Crippen molar-refractivity contribution in [1.82, 2.24) is 30.4 Å². The Morgan fingerprint density at radius 1 is 1.05 bits per heavy atom. The molecule has 7 rings (SSSR count). The molecule has 13 nitrogen and oxygen atoms in total. The van der Waals surface area contributed by atoms with Gasteiger partial charge in [0.25, 0.3) is 0 Å². The molecule has 1 saturated carbocycles. The van der Waals surface area contributed by atoms with Gasteiger partial charge >= 0.3 is 12.1 Å². The summed E-state index contributed by atoms with van der Waals surface area (Å²) in [5.74, 6) is -2.20. The lowest BCUT2D eigenvalue weighted by atomic mass is 10.0. The quantitative estimate of drug-likeness (QED) is 0.241. The monoisotopic (exact) mass is 772 g/mol. The fourth-order valence-electron chi connectivity index (χ4n) is 7.97. The number of nitrogens with zero attached hydrogens (tertiary/aromatic N) is 4. The van der Waals surface area contributed by atoms with Crippen molar-refractivity contribution < 1.29 is 33.8 Å². The molecule has 5 heterocycles. The number of piperidine rings is 1. The van der Waals surface area contributed by atoms with Crippen molar-refractivity contribution in [2.75, 3.05) is 19.6 Å². The van der Waals surface area contributed by atoms with E-state index >= 15 is 0 Å². The van der Waals surface area contributed by atoms with Crippen molar-refractivity contribution in [1.29, 1.82) is 0 Å². The zero-order chi connectivity index (χ0) is 38.7. The summed E-state index contributed by atoms with van der Waals surface area (Å²) in [5, 5.41) is 17.8. The number of carboxylic acid groups (broad SMARTS) is 1. The number of carbonyl (C=O) groups is 4. The van der Waals surface area contributed by atoms with Crippen molar-refractivity contribution in [3.8, 4) is 16.5 Å². The van der Waals surface area contributed by atoms with Crippen LogP contribution in [0.3, 0.4) is 0 Å². The number of nitrogens with one attached hydrogen (secondary N) is 2. The van der Waals surface area contributed by atoms with Gasteiger partial charge in [0, 0.05) is 18.9 Å². The number of aromatic nitrogens is 2. The second-order valence-electron chi connectivity index (χ2n) is 16.3. The van der Waals surface area contributed by atoms with Crippen LogP contribution in [-0.4, -0.2) is 97.7 Å². The maximum absolute atomic E-state index is 14.5. The van der Waals surface area contributed by atoms with E-state index in [1.807, 2.05) is 35.7 Å². The van der Waals surface area contributed by atoms with Crippen LogP contribution in [0.15, 0.2) is 47.9 Å². The molecule has 294 valence electrons. The number of likely N-dealkylation sites (tertiary alicyclic amines) is 1. The zero-order valence-electron chi connectivity index (χ0n) is 31.9. The molecule has 1 aromatic carbocycles. The standard InChI is InChI=1S/C41H52N6O7S/c1-40(2,3)54-39(52)44-30-14-9-6-4-5-8-13-27-23-41(27,38(50)51)45-35(48)32-22-28(25-47(32)37(30)49)53-36-34(33-15-12-20-55-33)42-31-21-26(16-17-29(31)43-36)24-46-18-10-7-11-19-46/h8,12-13,15-17,20-21,27-28,30,32H,4-7,9-11,14,18-19,22-25H2,1-3H3,(H,44,52)(H,45,48)(H,50,51)/b13-8-/t27?,28-,30-,32?,41?/m1/s1. The number of carbonyl (C=O) groups excluding carboxylic acids is 3. The first-order chi connectivity index (χ1) is 26.4. The van der Waals surface area contributed by atoms with Crippen molar-refractivity contribution in [3.63, 3.8) is 0 Å². The minimum Gasteiger partial charge on any atom is -0.479 e. The number of ether oxygens (including phenoxy) is 2. The van der Waals surface area contributed by atoms with Gasteiger partial charge in [0.2, 0.25) is 17.7 Å². The molecule has 0 radical (unpaired) electrons. The molecule has 4 aliphatic rings. The number of hydrogen-bond acceptors (Lipinski definition) is 10. The SMILES string of the molecule is CC(C)(C)OC(=O)N[C@@H]1CCCCC/C=C\C2CC2(C(=O)O)NC(=O)C2C[C@@H](Oc3nc4ccc(CN5CCCCC5)cc4nc3-c3cccs3)CN2C1=O. The van der Waals surface area contributed by atoms with Crippen molar-refractivity contribution in [2.24, 2.45) is 5.92 Å². The largest absolute Gasteiger partial charge is 0.479 e. The second kappa shape index (κ2) is 16.3. The van der Waals surface area contributed by atoms with Gasteiger partial charge < -0.3 is 30.1 Å². The van der Waals surface area contributed by atoms with Crippen LogP contribution in [0, 0.1) is 5.92 Å². The Morgan fingerprint density at radius 2 is 1.85 bits per heavy atom. The number of carboxylic acids is 1. The Balaban J connectivity index is 1.19. The number of allylic oxidation sites excluding steroid dienone is 1. The number of hydrogen-bond donors (Lipinski definition) is 3. The molecule has 0 bridgehead atoms. The molecule has 3 N–H and O–H groups in total. The van der Waals surface area contributed by atoms with E-state index in [0.717, 1.165) is 49.3 Å². The van der Waals surface area contributed by atoms with Gasteiger partial charge in [-0.15, -0.1) is 11.3 Å². The molecular weight excluding hydrogens is 721 g/mol. The molecule has 3 amide bonds. The van der Waals surface area contributed by atoms with Gasteiger partial charge in [-0.1, -0.05) is 43.5 Å². The van der Waals surface area contributed by atoms with E-state index in [2.05, 4.69) is 27.7 Å². The average molecular weight is 773 g/mol. The zero-order valence-corrected chi connectivity index (χ0v) is 32.7. The number of aliphatic carboxylic acids is 1. The minimum absolute atomic E-state index is 0.0190. The summed E-state index contributed by atoms with van der Waals surface area (Å²) in [6.45, 7) is 8.29. The average Bonchev–Trinajstić information content (AvgIpc) is 3.43. The summed E-state index contributed by atoms with van der Waals surface area (Å²) < 4.78 is 12.2. The Hall–Kier alpha value is -4.56. The van der Waals surface area contributed by atoms with Gasteiger partial charge in [-0.2, -0.15) is 0 Å². The van der Waals surface area contributed by atoms with Crippen molar-refractivity contribution >= 4 is 46.2 Å². The molecule has 2 aromatic heterocycles. The normalized spacial score (nSPS) is 27.2. The highest BCUT2D eigenvalue weighted by Gasteiger charge is 2.61. The summed E-state index contributed by atoms with van der Waals surface area (Å²) in [5.41, 5.74) is 0.926. The Bertz CT molecular complexity index is 1920. The number of amides is 3. The molecule has 3 aromatic rings. The third kappa shape index (κ3) is 9.12. The maximum atomic E-state index is 14.5. The molecule has 3 unspecified atom stereocenters. The van der Waals surface area contributed by atoms with Crippen LogP contribution in [-0.2, 0) is 25.7 Å². The van der Waals surface area contributed by atoms with Crippen LogP contribution in [0.4, 0.5) is 4.79 Å². The van der Waals surface area contributed by atoms with E-state index in [9.17, 15) is 24.3 Å². The predicted octanol–water partition coefficient (Wildman–Crippen LogP) is 6.07. The highest BCUT2D eigenvalue weighted by atomic mass is 32.1. The van der Waals surface area contributed by atoms with Gasteiger partial charge in [0.1, 0.15) is 35.0 Å². The van der Waals surface area contributed by atoms with Crippen LogP contribution >= 0.6 is 11.3 Å². The number of rotatable bonds is 7. The van der Waals surface area contributed by atoms with Crippen LogP contribution in [0.5, 0.6) is 5.88 Å². The molecular formula is C41H52N6O7S. The third-order valence-electron chi connectivity index (χ3n) is 10.9. The van der Waals surface area contributed by atoms with E-state index in [1.165, 1.54) is 41.1 Å². The van der Waals surface area contributed by atoms with Gasteiger partial charge in [-0.25, -0.2) is 19.6 Å². The third-order valence-corrected chi connectivity index (χ3v) is 11.8. The molecule has 14 heteroatoms. The summed E-state index contributed by atoms with van der Waals surface area (Å²) in [7, 11) is 0. The fourth-order valence-corrected chi connectivity index (χ4v) is 8.67. The molecule has 3 fully saturated rings. The first-order valence-electron chi connectivity index (χ1n) is 19.6. The van der Waals surface area contributed by atoms with Gasteiger partial charge in [0.15, 0.2) is 0 Å². The second-order valence-corrected chi connectivity index (χ2v) is 17.3. The highest BCUT2D eigenvalue weighted by Crippen LogP contribution is 2.45. The number of fused-ring (bicyclic) bond motifs is 3. The van der Waals surface area contributed by atoms with Crippen LogP contribution in [0.2, 0.25) is 0 Å². The number of benzene rings is 1. The topological polar surface area (TPSA) is 163 Å². The van der Waals surface area contributed by atoms with Gasteiger partial charge in [0.05, 0.1) is 22.5 Å². The first kappa shape index (κ1) is 38.7. The smallest absolute Gasteiger partial charge is 0.408 e. The Kier molecular flexibility index (Phi) is 11.4. The summed E-state index contributed by atoms with van der Waals surface area (Å²) >= 11 is 1.51.